The van der Waals surface area contributed by atoms with Crippen molar-refractivity contribution in [2.45, 2.75) is 129 Å². The van der Waals surface area contributed by atoms with E-state index in [4.69, 9.17) is 0 Å². The quantitative estimate of drug-likeness (QED) is 0.0647. The van der Waals surface area contributed by atoms with E-state index in [1.807, 2.05) is 0 Å². The second-order valence-electron chi connectivity index (χ2n) is 22.5. The van der Waals surface area contributed by atoms with Gasteiger partial charge in [-0.05, 0) is 181 Å². The lowest BCUT2D eigenvalue weighted by molar-refractivity contribution is 0.507. The highest BCUT2D eigenvalue weighted by atomic mass is 28.3. The summed E-state index contributed by atoms with van der Waals surface area (Å²) in [5.41, 5.74) is 16.8. The molecule has 2 heteroatoms. The number of benzene rings is 8. The molecule has 0 aliphatic heterocycles. The lowest BCUT2D eigenvalue weighted by Gasteiger charge is -2.38. The van der Waals surface area contributed by atoms with Gasteiger partial charge in [-0.25, -0.2) is 0 Å². The molecule has 2 aliphatic carbocycles. The first-order valence-electron chi connectivity index (χ1n) is 25.9. The van der Waals surface area contributed by atoms with Crippen LogP contribution in [-0.2, 0) is 0 Å². The van der Waals surface area contributed by atoms with E-state index in [-0.39, 0.29) is 0 Å². The van der Waals surface area contributed by atoms with E-state index in [0.29, 0.717) is 45.1 Å². The topological polar surface area (TPSA) is 0 Å². The Morgan fingerprint density at radius 3 is 1.01 bits per heavy atom. The van der Waals surface area contributed by atoms with Crippen LogP contribution in [0.1, 0.15) is 107 Å². The summed E-state index contributed by atoms with van der Waals surface area (Å²) in [6, 6.07) is 41.9. The highest BCUT2D eigenvalue weighted by molar-refractivity contribution is 6.91. The zero-order valence-electron chi connectivity index (χ0n) is 42.7. The predicted octanol–water partition coefficient (Wildman–Crippen LogP) is 17.6. The van der Waals surface area contributed by atoms with Crippen LogP contribution in [0.5, 0.6) is 0 Å². The van der Waals surface area contributed by atoms with E-state index in [1.165, 1.54) is 97.3 Å². The number of fused-ring (bicyclic) bond motifs is 8. The van der Waals surface area contributed by atoms with Crippen LogP contribution in [0, 0.1) is 34.8 Å². The van der Waals surface area contributed by atoms with Crippen molar-refractivity contribution in [1.82, 2.24) is 0 Å². The standard InChI is InChI=1S/C66H70Si2/c1-41(2)67(42(3)4,43(5)6)31-29-55-57-33-47-21-13-17-25-51(47)37-61(57)65(62-38-52-26-18-14-22-48(52)34-58(55)62)66-63-39-53-27-19-15-23-49(53)35-59(63)56(30-32-68(44(7)8,45(9)10)46(11)12)60-36-50-24-16-20-28-54(50)40-64(60)66/h13-23,25-27,33-46,50,54H,24,28H2,1-12H3. The molecule has 10 rings (SSSR count). The van der Waals surface area contributed by atoms with Gasteiger partial charge in [0, 0.05) is 11.1 Å². The van der Waals surface area contributed by atoms with Crippen LogP contribution in [0.3, 0.4) is 0 Å². The molecule has 0 spiro atoms. The molecular weight excluding hydrogens is 849 g/mol. The third kappa shape index (κ3) is 7.33. The molecule has 342 valence electrons. The molecule has 8 aromatic rings. The Morgan fingerprint density at radius 2 is 0.662 bits per heavy atom. The maximum atomic E-state index is 4.26. The van der Waals surface area contributed by atoms with Crippen molar-refractivity contribution in [3.63, 3.8) is 0 Å². The maximum absolute atomic E-state index is 4.26. The van der Waals surface area contributed by atoms with Crippen LogP contribution in [-0.4, -0.2) is 16.1 Å². The molecule has 0 N–H and O–H groups in total. The minimum atomic E-state index is -2.10. The minimum absolute atomic E-state index is 0.422. The average molecular weight is 919 g/mol. The second-order valence-corrected chi connectivity index (χ2v) is 33.6. The summed E-state index contributed by atoms with van der Waals surface area (Å²) >= 11 is 0. The normalized spacial score (nSPS) is 16.3. The molecule has 2 atom stereocenters. The fourth-order valence-electron chi connectivity index (χ4n) is 13.8. The van der Waals surface area contributed by atoms with E-state index in [2.05, 4.69) is 240 Å². The zero-order chi connectivity index (χ0) is 47.8. The van der Waals surface area contributed by atoms with E-state index in [1.54, 1.807) is 0 Å². The molecule has 0 bridgehead atoms. The van der Waals surface area contributed by atoms with Gasteiger partial charge in [0.2, 0.25) is 0 Å². The number of hydrogen-bond acceptors (Lipinski definition) is 0. The van der Waals surface area contributed by atoms with Gasteiger partial charge in [-0.3, -0.25) is 0 Å². The Kier molecular flexibility index (Phi) is 12.0. The second kappa shape index (κ2) is 17.7. The van der Waals surface area contributed by atoms with Crippen molar-refractivity contribution < 1.29 is 0 Å². The van der Waals surface area contributed by atoms with Gasteiger partial charge in [0.15, 0.2) is 0 Å². The van der Waals surface area contributed by atoms with Crippen LogP contribution >= 0.6 is 0 Å². The summed E-state index contributed by atoms with van der Waals surface area (Å²) in [4.78, 5) is 0. The van der Waals surface area contributed by atoms with Gasteiger partial charge >= 0.3 is 0 Å². The van der Waals surface area contributed by atoms with Gasteiger partial charge in [0.1, 0.15) is 16.1 Å². The summed E-state index contributed by atoms with van der Waals surface area (Å²) < 4.78 is 0. The van der Waals surface area contributed by atoms with Crippen molar-refractivity contribution >= 4 is 92.9 Å². The van der Waals surface area contributed by atoms with Crippen LogP contribution in [0.2, 0.25) is 33.2 Å². The molecule has 68 heavy (non-hydrogen) atoms. The molecule has 8 aromatic carbocycles. The van der Waals surface area contributed by atoms with Crippen LogP contribution in [0.4, 0.5) is 0 Å². The summed E-state index contributed by atoms with van der Waals surface area (Å²) in [6.07, 6.45) is 12.3. The Morgan fingerprint density at radius 1 is 0.368 bits per heavy atom. The Bertz CT molecular complexity index is 3490. The fraction of sp³-hybridized carbons (Fsp3) is 0.333. The molecule has 0 saturated carbocycles. The first-order chi connectivity index (χ1) is 32.6. The highest BCUT2D eigenvalue weighted by Gasteiger charge is 2.43. The summed E-state index contributed by atoms with van der Waals surface area (Å²) in [7, 11) is -4.19. The lowest BCUT2D eigenvalue weighted by Crippen LogP contribution is -2.43. The van der Waals surface area contributed by atoms with Gasteiger partial charge in [-0.1, -0.05) is 192 Å². The Hall–Kier alpha value is -5.65. The summed E-state index contributed by atoms with van der Waals surface area (Å²) in [6.45, 7) is 29.3. The van der Waals surface area contributed by atoms with Crippen molar-refractivity contribution in [3.05, 3.63) is 143 Å². The number of rotatable bonds is 7. The van der Waals surface area contributed by atoms with E-state index in [0.717, 1.165) is 12.8 Å². The summed E-state index contributed by atoms with van der Waals surface area (Å²) in [5, 5.41) is 17.9. The van der Waals surface area contributed by atoms with Gasteiger partial charge in [0.25, 0.3) is 0 Å². The molecule has 2 unspecified atom stereocenters. The van der Waals surface area contributed by atoms with Gasteiger partial charge < -0.3 is 0 Å². The molecule has 0 aromatic heterocycles. The van der Waals surface area contributed by atoms with Crippen LogP contribution in [0.15, 0.2) is 121 Å². The number of hydrogen-bond donors (Lipinski definition) is 0. The van der Waals surface area contributed by atoms with Crippen molar-refractivity contribution in [1.29, 1.82) is 0 Å². The average Bonchev–Trinajstić information content (AvgIpc) is 3.31. The molecule has 0 saturated heterocycles. The van der Waals surface area contributed by atoms with Crippen LogP contribution < -0.4 is 10.4 Å². The molecular formula is C66H70Si2. The number of allylic oxidation sites excluding steroid dienone is 2. The molecule has 0 nitrogen and oxygen atoms in total. The fourth-order valence-corrected chi connectivity index (χ4v) is 24.3. The van der Waals surface area contributed by atoms with Crippen molar-refractivity contribution in [3.8, 4) is 34.1 Å². The summed E-state index contributed by atoms with van der Waals surface area (Å²) in [5.74, 6) is 9.14. The van der Waals surface area contributed by atoms with Crippen molar-refractivity contribution in [2.24, 2.45) is 11.8 Å². The third-order valence-electron chi connectivity index (χ3n) is 17.2. The molecule has 0 amide bonds. The van der Waals surface area contributed by atoms with Crippen molar-refractivity contribution in [2.75, 3.05) is 0 Å². The maximum Gasteiger partial charge on any atom is 0.146 e. The zero-order valence-corrected chi connectivity index (χ0v) is 44.7. The van der Waals surface area contributed by atoms with Gasteiger partial charge in [-0.15, -0.1) is 11.1 Å². The Balaban J connectivity index is 1.47. The largest absolute Gasteiger partial charge is 0.146 e. The third-order valence-corrected chi connectivity index (χ3v) is 29.8. The smallest absolute Gasteiger partial charge is 0.125 e. The van der Waals surface area contributed by atoms with Crippen LogP contribution in [0.25, 0.3) is 87.9 Å². The molecule has 0 radical (unpaired) electrons. The van der Waals surface area contributed by atoms with E-state index < -0.39 is 16.1 Å². The van der Waals surface area contributed by atoms with E-state index >= 15 is 0 Å². The van der Waals surface area contributed by atoms with Gasteiger partial charge in [-0.2, -0.15) is 0 Å². The first kappa shape index (κ1) is 46.1. The van der Waals surface area contributed by atoms with Gasteiger partial charge in [0.05, 0.1) is 0 Å². The predicted molar refractivity (Wildman–Crippen MR) is 306 cm³/mol. The first-order valence-corrected chi connectivity index (χ1v) is 30.4. The lowest BCUT2D eigenvalue weighted by atomic mass is 9.75. The molecule has 0 fully saturated rings. The SMILES string of the molecule is CC(C)[Si](C#Cc1c2c(c(-c3c4cc5ccccc5cc4c(C#C[Si](C(C)C)(C(C)C)C(C)C)c4cc5ccccc5cc34)c3cc4ccccc4cc13)=CC1CC=CCC1C=2)(C(C)C)C(C)C. The monoisotopic (exact) mass is 919 g/mol. The minimum Gasteiger partial charge on any atom is -0.125 e. The molecule has 0 heterocycles. The Labute approximate surface area is 408 Å². The highest BCUT2D eigenvalue weighted by Crippen LogP contribution is 2.47. The molecule has 2 aliphatic rings. The van der Waals surface area contributed by atoms with E-state index in [9.17, 15) is 0 Å².